The standard InChI is InChI=1S/C9H14N2/c1-7-5-8(2)11-6-9(7)3-4-10/h5-6H,3-4,10H2,1-2H3. The number of pyridine rings is 1. The predicted molar refractivity (Wildman–Crippen MR) is 46.5 cm³/mol. The van der Waals surface area contributed by atoms with Gasteiger partial charge in [-0.05, 0) is 44.0 Å². The van der Waals surface area contributed by atoms with E-state index in [0.29, 0.717) is 6.54 Å². The third-order valence-corrected chi connectivity index (χ3v) is 1.77. The van der Waals surface area contributed by atoms with Crippen molar-refractivity contribution in [2.45, 2.75) is 20.3 Å². The molecule has 0 fully saturated rings. The van der Waals surface area contributed by atoms with E-state index in [4.69, 9.17) is 5.73 Å². The summed E-state index contributed by atoms with van der Waals surface area (Å²) in [5.41, 5.74) is 9.07. The van der Waals surface area contributed by atoms with Crippen molar-refractivity contribution in [1.29, 1.82) is 0 Å². The van der Waals surface area contributed by atoms with E-state index in [-0.39, 0.29) is 0 Å². The molecule has 0 bridgehead atoms. The van der Waals surface area contributed by atoms with Crippen LogP contribution in [-0.2, 0) is 6.42 Å². The molecule has 1 rings (SSSR count). The minimum atomic E-state index is 0.700. The Morgan fingerprint density at radius 1 is 1.45 bits per heavy atom. The predicted octanol–water partition coefficient (Wildman–Crippen LogP) is 1.20. The van der Waals surface area contributed by atoms with Gasteiger partial charge in [0.05, 0.1) is 0 Å². The largest absolute Gasteiger partial charge is 0.330 e. The third kappa shape index (κ3) is 2.02. The summed E-state index contributed by atoms with van der Waals surface area (Å²) in [7, 11) is 0. The van der Waals surface area contributed by atoms with Crippen molar-refractivity contribution in [3.8, 4) is 0 Å². The summed E-state index contributed by atoms with van der Waals surface area (Å²) in [5.74, 6) is 0. The van der Waals surface area contributed by atoms with E-state index in [1.165, 1.54) is 11.1 Å². The van der Waals surface area contributed by atoms with Crippen LogP contribution in [0.1, 0.15) is 16.8 Å². The van der Waals surface area contributed by atoms with Crippen molar-refractivity contribution < 1.29 is 0 Å². The molecule has 2 heteroatoms. The highest BCUT2D eigenvalue weighted by atomic mass is 14.7. The van der Waals surface area contributed by atoms with Crippen LogP contribution in [-0.4, -0.2) is 11.5 Å². The smallest absolute Gasteiger partial charge is 0.0375 e. The second-order valence-corrected chi connectivity index (χ2v) is 2.79. The zero-order chi connectivity index (χ0) is 8.27. The first-order chi connectivity index (χ1) is 5.24. The summed E-state index contributed by atoms with van der Waals surface area (Å²) in [6, 6.07) is 2.09. The number of nitrogens with two attached hydrogens (primary N) is 1. The molecule has 1 aromatic rings. The molecule has 0 spiro atoms. The summed E-state index contributed by atoms with van der Waals surface area (Å²) in [4.78, 5) is 4.20. The molecule has 11 heavy (non-hydrogen) atoms. The molecule has 0 radical (unpaired) electrons. The van der Waals surface area contributed by atoms with Crippen LogP contribution in [0.5, 0.6) is 0 Å². The molecule has 1 aromatic heterocycles. The first-order valence-corrected chi connectivity index (χ1v) is 3.86. The van der Waals surface area contributed by atoms with E-state index in [1.807, 2.05) is 13.1 Å². The van der Waals surface area contributed by atoms with Gasteiger partial charge in [-0.25, -0.2) is 0 Å². The fourth-order valence-electron chi connectivity index (χ4n) is 1.14. The van der Waals surface area contributed by atoms with Gasteiger partial charge in [-0.1, -0.05) is 0 Å². The molecule has 1 heterocycles. The van der Waals surface area contributed by atoms with Crippen LogP contribution in [0, 0.1) is 13.8 Å². The number of nitrogens with zero attached hydrogens (tertiary/aromatic N) is 1. The molecule has 0 amide bonds. The molecule has 0 aliphatic rings. The van der Waals surface area contributed by atoms with Gasteiger partial charge in [-0.3, -0.25) is 4.98 Å². The quantitative estimate of drug-likeness (QED) is 0.688. The average molecular weight is 150 g/mol. The Balaban J connectivity index is 2.90. The lowest BCUT2D eigenvalue weighted by Crippen LogP contribution is -2.04. The van der Waals surface area contributed by atoms with E-state index in [0.717, 1.165) is 12.1 Å². The molecule has 0 saturated carbocycles. The molecule has 2 nitrogen and oxygen atoms in total. The van der Waals surface area contributed by atoms with Crippen LogP contribution in [0.4, 0.5) is 0 Å². The fourth-order valence-corrected chi connectivity index (χ4v) is 1.14. The zero-order valence-corrected chi connectivity index (χ0v) is 7.09. The summed E-state index contributed by atoms with van der Waals surface area (Å²) in [6.07, 6.45) is 2.84. The van der Waals surface area contributed by atoms with Crippen molar-refractivity contribution in [3.05, 3.63) is 29.1 Å². The van der Waals surface area contributed by atoms with Crippen LogP contribution in [0.25, 0.3) is 0 Å². The van der Waals surface area contributed by atoms with E-state index >= 15 is 0 Å². The lowest BCUT2D eigenvalue weighted by atomic mass is 10.1. The normalized spacial score (nSPS) is 10.1. The number of hydrogen-bond acceptors (Lipinski definition) is 2. The Hall–Kier alpha value is -0.890. The topological polar surface area (TPSA) is 38.9 Å². The van der Waals surface area contributed by atoms with Gasteiger partial charge in [0.2, 0.25) is 0 Å². The lowest BCUT2D eigenvalue weighted by Gasteiger charge is -2.03. The second kappa shape index (κ2) is 3.49. The van der Waals surface area contributed by atoms with E-state index in [1.54, 1.807) is 0 Å². The highest BCUT2D eigenvalue weighted by Crippen LogP contribution is 2.07. The van der Waals surface area contributed by atoms with Gasteiger partial charge in [0, 0.05) is 11.9 Å². The van der Waals surface area contributed by atoms with Gasteiger partial charge in [-0.2, -0.15) is 0 Å². The summed E-state index contributed by atoms with van der Waals surface area (Å²) in [6.45, 7) is 4.80. The summed E-state index contributed by atoms with van der Waals surface area (Å²) >= 11 is 0. The first-order valence-electron chi connectivity index (χ1n) is 3.86. The van der Waals surface area contributed by atoms with Crippen molar-refractivity contribution in [2.24, 2.45) is 5.73 Å². The molecule has 60 valence electrons. The zero-order valence-electron chi connectivity index (χ0n) is 7.09. The SMILES string of the molecule is Cc1cc(C)c(CCN)cn1. The number of aryl methyl sites for hydroxylation is 2. The monoisotopic (exact) mass is 150 g/mol. The van der Waals surface area contributed by atoms with E-state index < -0.39 is 0 Å². The van der Waals surface area contributed by atoms with Crippen molar-refractivity contribution in [3.63, 3.8) is 0 Å². The molecular formula is C9H14N2. The number of rotatable bonds is 2. The Labute approximate surface area is 67.5 Å². The van der Waals surface area contributed by atoms with E-state index in [2.05, 4.69) is 18.0 Å². The first kappa shape index (κ1) is 8.21. The maximum atomic E-state index is 5.44. The summed E-state index contributed by atoms with van der Waals surface area (Å²) in [5, 5.41) is 0. The maximum Gasteiger partial charge on any atom is 0.0375 e. The molecule has 0 unspecified atom stereocenters. The number of hydrogen-bond donors (Lipinski definition) is 1. The minimum Gasteiger partial charge on any atom is -0.330 e. The van der Waals surface area contributed by atoms with Crippen molar-refractivity contribution in [1.82, 2.24) is 4.98 Å². The van der Waals surface area contributed by atoms with Crippen molar-refractivity contribution >= 4 is 0 Å². The fraction of sp³-hybridized carbons (Fsp3) is 0.444. The lowest BCUT2D eigenvalue weighted by molar-refractivity contribution is 0.941. The third-order valence-electron chi connectivity index (χ3n) is 1.77. The average Bonchev–Trinajstić information content (AvgIpc) is 1.95. The Kier molecular flexibility index (Phi) is 2.60. The van der Waals surface area contributed by atoms with Gasteiger partial charge in [0.1, 0.15) is 0 Å². The van der Waals surface area contributed by atoms with Gasteiger partial charge in [0.25, 0.3) is 0 Å². The maximum absolute atomic E-state index is 5.44. The van der Waals surface area contributed by atoms with Crippen molar-refractivity contribution in [2.75, 3.05) is 6.54 Å². The highest BCUT2D eigenvalue weighted by Gasteiger charge is 1.96. The molecular weight excluding hydrogens is 136 g/mol. The molecule has 0 atom stereocenters. The second-order valence-electron chi connectivity index (χ2n) is 2.79. The molecule has 0 saturated heterocycles. The van der Waals surface area contributed by atoms with Gasteiger partial charge in [0.15, 0.2) is 0 Å². The van der Waals surface area contributed by atoms with Crippen LogP contribution in [0.2, 0.25) is 0 Å². The van der Waals surface area contributed by atoms with Crippen LogP contribution in [0.3, 0.4) is 0 Å². The van der Waals surface area contributed by atoms with Gasteiger partial charge < -0.3 is 5.73 Å². The molecule has 0 aromatic carbocycles. The van der Waals surface area contributed by atoms with Crippen LogP contribution < -0.4 is 5.73 Å². The van der Waals surface area contributed by atoms with Gasteiger partial charge >= 0.3 is 0 Å². The summed E-state index contributed by atoms with van der Waals surface area (Å²) < 4.78 is 0. The van der Waals surface area contributed by atoms with Gasteiger partial charge in [-0.15, -0.1) is 0 Å². The van der Waals surface area contributed by atoms with Crippen LogP contribution >= 0.6 is 0 Å². The Morgan fingerprint density at radius 3 is 2.73 bits per heavy atom. The van der Waals surface area contributed by atoms with E-state index in [9.17, 15) is 0 Å². The Morgan fingerprint density at radius 2 is 2.18 bits per heavy atom. The molecule has 0 aliphatic heterocycles. The number of aromatic nitrogens is 1. The minimum absolute atomic E-state index is 0.700. The molecule has 2 N–H and O–H groups in total. The molecule has 0 aliphatic carbocycles. The Bertz CT molecular complexity index is 243. The highest BCUT2D eigenvalue weighted by molar-refractivity contribution is 5.24. The van der Waals surface area contributed by atoms with Crippen LogP contribution in [0.15, 0.2) is 12.3 Å².